The topological polar surface area (TPSA) is 90.1 Å². The molecular formula is C13H12FN3O3S. The second-order valence-corrected chi connectivity index (χ2v) is 4.69. The summed E-state index contributed by atoms with van der Waals surface area (Å²) in [7, 11) is 1.47. The van der Waals surface area contributed by atoms with Gasteiger partial charge in [0.25, 0.3) is 5.56 Å². The first-order valence-electron chi connectivity index (χ1n) is 5.88. The van der Waals surface area contributed by atoms with Gasteiger partial charge in [-0.05, 0) is 18.2 Å². The maximum Gasteiger partial charge on any atom is 0.328 e. The first-order chi connectivity index (χ1) is 9.92. The van der Waals surface area contributed by atoms with Gasteiger partial charge in [0, 0.05) is 11.1 Å². The number of H-pyrrole nitrogens is 1. The highest BCUT2D eigenvalue weighted by Gasteiger charge is 2.10. The van der Waals surface area contributed by atoms with Gasteiger partial charge in [-0.3, -0.25) is 14.3 Å². The van der Waals surface area contributed by atoms with Crippen molar-refractivity contribution in [1.82, 2.24) is 9.55 Å². The third kappa shape index (κ3) is 3.16. The summed E-state index contributed by atoms with van der Waals surface area (Å²) in [6.45, 7) is 0.00611. The van der Waals surface area contributed by atoms with E-state index in [0.29, 0.717) is 16.9 Å². The molecule has 0 aliphatic carbocycles. The van der Waals surface area contributed by atoms with Crippen molar-refractivity contribution in [2.45, 2.75) is 6.54 Å². The van der Waals surface area contributed by atoms with Crippen LogP contribution in [0.3, 0.4) is 0 Å². The number of thiocarbonyl (C=S) groups is 1. The molecule has 6 nitrogen and oxygen atoms in total. The second-order valence-electron chi connectivity index (χ2n) is 4.26. The number of nitrogens with two attached hydrogens (primary N) is 1. The van der Waals surface area contributed by atoms with E-state index in [1.807, 2.05) is 4.98 Å². The molecular weight excluding hydrogens is 297 g/mol. The number of aromatic nitrogens is 2. The van der Waals surface area contributed by atoms with Gasteiger partial charge in [-0.1, -0.05) is 12.2 Å². The Kier molecular flexibility index (Phi) is 4.18. The van der Waals surface area contributed by atoms with Crippen molar-refractivity contribution in [3.05, 3.63) is 62.2 Å². The number of hydrogen-bond donors (Lipinski definition) is 2. The predicted octanol–water partition coefficient (Wildman–Crippen LogP) is 0.367. The molecule has 0 radical (unpaired) electrons. The first-order valence-corrected chi connectivity index (χ1v) is 6.29. The molecule has 0 atom stereocenters. The number of ether oxygens (including phenoxy) is 1. The lowest BCUT2D eigenvalue weighted by molar-refractivity contribution is 0.407. The van der Waals surface area contributed by atoms with Crippen molar-refractivity contribution in [3.63, 3.8) is 0 Å². The Labute approximate surface area is 124 Å². The summed E-state index contributed by atoms with van der Waals surface area (Å²) >= 11 is 4.89. The molecule has 0 fully saturated rings. The predicted molar refractivity (Wildman–Crippen MR) is 79.3 cm³/mol. The lowest BCUT2D eigenvalue weighted by Gasteiger charge is -2.11. The number of methoxy groups -OCH3 is 1. The van der Waals surface area contributed by atoms with Crippen LogP contribution in [0, 0.1) is 5.82 Å². The van der Waals surface area contributed by atoms with Gasteiger partial charge in [-0.15, -0.1) is 0 Å². The summed E-state index contributed by atoms with van der Waals surface area (Å²) in [6, 6.07) is 4.98. The lowest BCUT2D eigenvalue weighted by Crippen LogP contribution is -2.31. The minimum Gasteiger partial charge on any atom is -0.496 e. The number of benzene rings is 1. The summed E-state index contributed by atoms with van der Waals surface area (Å²) in [5, 5.41) is 0. The van der Waals surface area contributed by atoms with E-state index in [1.54, 1.807) is 18.2 Å². The molecule has 0 bridgehead atoms. The van der Waals surface area contributed by atoms with E-state index in [0.717, 1.165) is 10.8 Å². The van der Waals surface area contributed by atoms with Crippen LogP contribution in [-0.2, 0) is 6.54 Å². The summed E-state index contributed by atoms with van der Waals surface area (Å²) in [5.74, 6) is -0.549. The molecule has 1 aromatic carbocycles. The van der Waals surface area contributed by atoms with Crippen LogP contribution >= 0.6 is 12.2 Å². The van der Waals surface area contributed by atoms with Crippen molar-refractivity contribution >= 4 is 17.2 Å². The standard InChI is InChI=1S/C13H12FN3O3S/c1-20-10-3-2-7(11(15)21)4-8(10)5-17-6-9(14)12(18)16-13(17)19/h2-4,6H,5H2,1H3,(H2,15,21)(H,16,18,19). The zero-order valence-corrected chi connectivity index (χ0v) is 11.9. The fourth-order valence-corrected chi connectivity index (χ4v) is 1.97. The number of rotatable bonds is 4. The SMILES string of the molecule is COc1ccc(C(N)=S)cc1Cn1cc(F)c(=O)[nH]c1=O. The number of aromatic amines is 1. The molecule has 0 spiro atoms. The van der Waals surface area contributed by atoms with Crippen LogP contribution in [0.5, 0.6) is 5.75 Å². The van der Waals surface area contributed by atoms with E-state index in [9.17, 15) is 14.0 Å². The van der Waals surface area contributed by atoms with Gasteiger partial charge in [0.15, 0.2) is 0 Å². The molecule has 0 aliphatic heterocycles. The van der Waals surface area contributed by atoms with Crippen LogP contribution in [0.15, 0.2) is 34.0 Å². The van der Waals surface area contributed by atoms with Crippen LogP contribution < -0.4 is 21.7 Å². The highest BCUT2D eigenvalue weighted by Crippen LogP contribution is 2.20. The Morgan fingerprint density at radius 2 is 2.19 bits per heavy atom. The normalized spacial score (nSPS) is 10.4. The van der Waals surface area contributed by atoms with Crippen LogP contribution in [0.2, 0.25) is 0 Å². The van der Waals surface area contributed by atoms with Gasteiger partial charge < -0.3 is 10.5 Å². The van der Waals surface area contributed by atoms with Gasteiger partial charge in [-0.25, -0.2) is 4.79 Å². The summed E-state index contributed by atoms with van der Waals surface area (Å²) < 4.78 is 19.5. The smallest absolute Gasteiger partial charge is 0.328 e. The Bertz CT molecular complexity index is 813. The van der Waals surface area contributed by atoms with Gasteiger partial charge >= 0.3 is 5.69 Å². The van der Waals surface area contributed by atoms with E-state index in [4.69, 9.17) is 22.7 Å². The van der Waals surface area contributed by atoms with Gasteiger partial charge in [0.05, 0.1) is 19.9 Å². The second kappa shape index (κ2) is 5.88. The molecule has 0 amide bonds. The maximum absolute atomic E-state index is 13.3. The summed E-state index contributed by atoms with van der Waals surface area (Å²) in [4.78, 5) is 24.8. The molecule has 110 valence electrons. The third-order valence-electron chi connectivity index (χ3n) is 2.87. The number of hydrogen-bond acceptors (Lipinski definition) is 4. The quantitative estimate of drug-likeness (QED) is 0.796. The lowest BCUT2D eigenvalue weighted by atomic mass is 10.1. The zero-order valence-electron chi connectivity index (χ0n) is 11.1. The van der Waals surface area contributed by atoms with E-state index in [-0.39, 0.29) is 11.5 Å². The van der Waals surface area contributed by atoms with Crippen molar-refractivity contribution in [2.24, 2.45) is 5.73 Å². The molecule has 0 saturated heterocycles. The molecule has 3 N–H and O–H groups in total. The van der Waals surface area contributed by atoms with Gasteiger partial charge in [0.1, 0.15) is 10.7 Å². The van der Waals surface area contributed by atoms with E-state index >= 15 is 0 Å². The highest BCUT2D eigenvalue weighted by molar-refractivity contribution is 7.80. The molecule has 1 heterocycles. The molecule has 1 aromatic heterocycles. The minimum atomic E-state index is -1.06. The largest absolute Gasteiger partial charge is 0.496 e. The maximum atomic E-state index is 13.3. The molecule has 0 aliphatic rings. The van der Waals surface area contributed by atoms with Crippen molar-refractivity contribution in [3.8, 4) is 5.75 Å². The molecule has 2 rings (SSSR count). The molecule has 8 heteroatoms. The molecule has 0 unspecified atom stereocenters. The van der Waals surface area contributed by atoms with E-state index in [2.05, 4.69) is 0 Å². The summed E-state index contributed by atoms with van der Waals surface area (Å²) in [5.41, 5.74) is 4.96. The molecule has 0 saturated carbocycles. The monoisotopic (exact) mass is 309 g/mol. The fourth-order valence-electron chi connectivity index (χ4n) is 1.84. The van der Waals surface area contributed by atoms with Crippen molar-refractivity contribution in [1.29, 1.82) is 0 Å². The number of nitrogens with one attached hydrogen (secondary N) is 1. The van der Waals surface area contributed by atoms with E-state index < -0.39 is 17.1 Å². The Balaban J connectivity index is 2.50. The third-order valence-corrected chi connectivity index (χ3v) is 3.11. The van der Waals surface area contributed by atoms with Crippen molar-refractivity contribution < 1.29 is 9.13 Å². The van der Waals surface area contributed by atoms with E-state index in [1.165, 1.54) is 7.11 Å². The summed E-state index contributed by atoms with van der Waals surface area (Å²) in [6.07, 6.45) is 0.841. The highest BCUT2D eigenvalue weighted by atomic mass is 32.1. The minimum absolute atomic E-state index is 0.00611. The average Bonchev–Trinajstić information content (AvgIpc) is 2.44. The van der Waals surface area contributed by atoms with Crippen LogP contribution in [-0.4, -0.2) is 21.6 Å². The first kappa shape index (κ1) is 14.9. The molecule has 2 aromatic rings. The van der Waals surface area contributed by atoms with Crippen LogP contribution in [0.1, 0.15) is 11.1 Å². The van der Waals surface area contributed by atoms with Gasteiger partial charge in [-0.2, -0.15) is 4.39 Å². The zero-order chi connectivity index (χ0) is 15.6. The average molecular weight is 309 g/mol. The number of nitrogens with zero attached hydrogens (tertiary/aromatic N) is 1. The molecule has 21 heavy (non-hydrogen) atoms. The van der Waals surface area contributed by atoms with Crippen molar-refractivity contribution in [2.75, 3.05) is 7.11 Å². The Hall–Kier alpha value is -2.48. The Morgan fingerprint density at radius 3 is 2.81 bits per heavy atom. The Morgan fingerprint density at radius 1 is 1.48 bits per heavy atom. The van der Waals surface area contributed by atoms with Gasteiger partial charge in [0.2, 0.25) is 5.82 Å². The fraction of sp³-hybridized carbons (Fsp3) is 0.154. The number of halogens is 1. The van der Waals surface area contributed by atoms with Crippen LogP contribution in [0.25, 0.3) is 0 Å². The van der Waals surface area contributed by atoms with Crippen LogP contribution in [0.4, 0.5) is 4.39 Å².